The third kappa shape index (κ3) is 3.04. The zero-order valence-corrected chi connectivity index (χ0v) is 13.3. The smallest absolute Gasteiger partial charge is 0.153 e. The normalized spacial score (nSPS) is 16.9. The summed E-state index contributed by atoms with van der Waals surface area (Å²) in [6.07, 6.45) is 7.52. The average Bonchev–Trinajstić information content (AvgIpc) is 2.67. The van der Waals surface area contributed by atoms with Crippen LogP contribution in [0.3, 0.4) is 0 Å². The number of H-pyrrole nitrogens is 1. The third-order valence-corrected chi connectivity index (χ3v) is 4.83. The Kier molecular flexibility index (Phi) is 4.41. The number of hydrogen-bond donors (Lipinski definition) is 2. The first-order chi connectivity index (χ1) is 10.2. The molecule has 1 aliphatic rings. The molecule has 2 aromatic rings. The van der Waals surface area contributed by atoms with Crippen molar-refractivity contribution in [1.29, 1.82) is 0 Å². The molecular weight excluding hydrogens is 305 g/mol. The quantitative estimate of drug-likeness (QED) is 0.726. The molecule has 5 heteroatoms. The number of aromatic nitrogens is 2. The highest BCUT2D eigenvalue weighted by atomic mass is 35.5. The minimum Gasteiger partial charge on any atom is -0.382 e. The second-order valence-corrected chi connectivity index (χ2v) is 6.55. The number of halogens is 2. The maximum atomic E-state index is 6.35. The van der Waals surface area contributed by atoms with Gasteiger partial charge in [0.1, 0.15) is 0 Å². The average molecular weight is 324 g/mol. The topological polar surface area (TPSA) is 54.7 Å². The molecule has 1 aliphatic carbocycles. The highest BCUT2D eigenvalue weighted by Crippen LogP contribution is 2.41. The molecule has 0 amide bonds. The number of anilines is 1. The molecule has 0 atom stereocenters. The Labute approximate surface area is 134 Å². The summed E-state index contributed by atoms with van der Waals surface area (Å²) < 4.78 is 0. The zero-order valence-electron chi connectivity index (χ0n) is 11.8. The molecule has 1 heterocycles. The van der Waals surface area contributed by atoms with E-state index >= 15 is 0 Å². The number of aromatic amines is 1. The van der Waals surface area contributed by atoms with Crippen LogP contribution in [0.15, 0.2) is 18.2 Å². The van der Waals surface area contributed by atoms with Crippen LogP contribution in [0, 0.1) is 0 Å². The van der Waals surface area contributed by atoms with E-state index in [9.17, 15) is 0 Å². The number of nitrogens with zero attached hydrogens (tertiary/aromatic N) is 1. The molecule has 1 aromatic carbocycles. The van der Waals surface area contributed by atoms with Crippen LogP contribution in [0.4, 0.5) is 5.82 Å². The van der Waals surface area contributed by atoms with Gasteiger partial charge >= 0.3 is 0 Å². The molecule has 3 nitrogen and oxygen atoms in total. The van der Waals surface area contributed by atoms with Crippen LogP contribution in [0.1, 0.15) is 50.1 Å². The molecule has 0 spiro atoms. The fourth-order valence-electron chi connectivity index (χ4n) is 3.21. The van der Waals surface area contributed by atoms with E-state index in [1.807, 2.05) is 12.1 Å². The van der Waals surface area contributed by atoms with Gasteiger partial charge in [0, 0.05) is 27.8 Å². The van der Waals surface area contributed by atoms with Crippen molar-refractivity contribution >= 4 is 29.0 Å². The SMILES string of the molecule is Nc1n[nH]c(C2CCCCCC2)c1-c1ccc(Cl)cc1Cl. The van der Waals surface area contributed by atoms with Crippen LogP contribution >= 0.6 is 23.2 Å². The highest BCUT2D eigenvalue weighted by molar-refractivity contribution is 6.36. The maximum Gasteiger partial charge on any atom is 0.153 e. The van der Waals surface area contributed by atoms with Crippen molar-refractivity contribution < 1.29 is 0 Å². The van der Waals surface area contributed by atoms with Crippen molar-refractivity contribution in [2.45, 2.75) is 44.4 Å². The van der Waals surface area contributed by atoms with Crippen molar-refractivity contribution in [2.75, 3.05) is 5.73 Å². The molecule has 0 radical (unpaired) electrons. The van der Waals surface area contributed by atoms with Gasteiger partial charge in [-0.3, -0.25) is 5.10 Å². The molecule has 21 heavy (non-hydrogen) atoms. The number of nitrogens with one attached hydrogen (secondary N) is 1. The van der Waals surface area contributed by atoms with Crippen molar-refractivity contribution in [1.82, 2.24) is 10.2 Å². The first-order valence-corrected chi connectivity index (χ1v) is 8.21. The van der Waals surface area contributed by atoms with Crippen molar-refractivity contribution in [3.63, 3.8) is 0 Å². The minimum atomic E-state index is 0.485. The summed E-state index contributed by atoms with van der Waals surface area (Å²) >= 11 is 12.3. The van der Waals surface area contributed by atoms with Gasteiger partial charge in [-0.25, -0.2) is 0 Å². The Hall–Kier alpha value is -1.19. The maximum absolute atomic E-state index is 6.35. The van der Waals surface area contributed by atoms with Crippen LogP contribution < -0.4 is 5.73 Å². The molecule has 0 unspecified atom stereocenters. The molecular formula is C16H19Cl2N3. The zero-order chi connectivity index (χ0) is 14.8. The third-order valence-electron chi connectivity index (χ3n) is 4.29. The molecule has 1 fully saturated rings. The Morgan fingerprint density at radius 1 is 1.10 bits per heavy atom. The molecule has 0 saturated heterocycles. The number of benzene rings is 1. The summed E-state index contributed by atoms with van der Waals surface area (Å²) in [5, 5.41) is 8.61. The molecule has 112 valence electrons. The van der Waals surface area contributed by atoms with E-state index in [-0.39, 0.29) is 0 Å². The summed E-state index contributed by atoms with van der Waals surface area (Å²) in [4.78, 5) is 0. The van der Waals surface area contributed by atoms with E-state index in [0.29, 0.717) is 21.8 Å². The van der Waals surface area contributed by atoms with Crippen LogP contribution in [-0.2, 0) is 0 Å². The Balaban J connectivity index is 2.03. The van der Waals surface area contributed by atoms with Crippen LogP contribution in [-0.4, -0.2) is 10.2 Å². The summed E-state index contributed by atoms with van der Waals surface area (Å²) in [7, 11) is 0. The summed E-state index contributed by atoms with van der Waals surface area (Å²) in [5.41, 5.74) is 9.07. The van der Waals surface area contributed by atoms with Crippen LogP contribution in [0.2, 0.25) is 10.0 Å². The number of hydrogen-bond acceptors (Lipinski definition) is 2. The van der Waals surface area contributed by atoms with Gasteiger partial charge in [-0.1, -0.05) is 55.0 Å². The van der Waals surface area contributed by atoms with Gasteiger partial charge in [0.2, 0.25) is 0 Å². The van der Waals surface area contributed by atoms with Gasteiger partial charge < -0.3 is 5.73 Å². The van der Waals surface area contributed by atoms with E-state index in [1.165, 1.54) is 38.5 Å². The lowest BCUT2D eigenvalue weighted by Gasteiger charge is -2.15. The second-order valence-electron chi connectivity index (χ2n) is 5.71. The molecule has 0 aliphatic heterocycles. The van der Waals surface area contributed by atoms with Gasteiger partial charge in [0.25, 0.3) is 0 Å². The molecule has 3 N–H and O–H groups in total. The standard InChI is InChI=1S/C16H19Cl2N3/c17-11-7-8-12(13(18)9-11)14-15(20-21-16(14)19)10-5-3-1-2-4-6-10/h7-10H,1-6H2,(H3,19,20,21). The van der Waals surface area contributed by atoms with Crippen LogP contribution in [0.5, 0.6) is 0 Å². The van der Waals surface area contributed by atoms with Crippen LogP contribution in [0.25, 0.3) is 11.1 Å². The van der Waals surface area contributed by atoms with Crippen molar-refractivity contribution in [3.05, 3.63) is 33.9 Å². The van der Waals surface area contributed by atoms with Gasteiger partial charge in [-0.2, -0.15) is 5.10 Å². The van der Waals surface area contributed by atoms with E-state index in [0.717, 1.165) is 16.8 Å². The fourth-order valence-corrected chi connectivity index (χ4v) is 3.71. The van der Waals surface area contributed by atoms with Gasteiger partial charge in [0.05, 0.1) is 5.02 Å². The lowest BCUT2D eigenvalue weighted by atomic mass is 9.91. The van der Waals surface area contributed by atoms with Gasteiger partial charge in [-0.15, -0.1) is 0 Å². The molecule has 0 bridgehead atoms. The summed E-state index contributed by atoms with van der Waals surface area (Å²) in [5.74, 6) is 0.998. The Morgan fingerprint density at radius 3 is 2.48 bits per heavy atom. The van der Waals surface area contributed by atoms with Crippen molar-refractivity contribution in [3.8, 4) is 11.1 Å². The largest absolute Gasteiger partial charge is 0.382 e. The first-order valence-electron chi connectivity index (χ1n) is 7.46. The Bertz CT molecular complexity index is 628. The predicted molar refractivity (Wildman–Crippen MR) is 88.9 cm³/mol. The predicted octanol–water partition coefficient (Wildman–Crippen LogP) is 5.40. The molecule has 1 aromatic heterocycles. The summed E-state index contributed by atoms with van der Waals surface area (Å²) in [6.45, 7) is 0. The van der Waals surface area contributed by atoms with Crippen molar-refractivity contribution in [2.24, 2.45) is 0 Å². The monoisotopic (exact) mass is 323 g/mol. The number of rotatable bonds is 2. The lowest BCUT2D eigenvalue weighted by Crippen LogP contribution is -2.00. The molecule has 1 saturated carbocycles. The number of nitrogen functional groups attached to an aromatic ring is 1. The van der Waals surface area contributed by atoms with E-state index in [2.05, 4.69) is 10.2 Å². The lowest BCUT2D eigenvalue weighted by molar-refractivity contribution is 0.577. The summed E-state index contributed by atoms with van der Waals surface area (Å²) in [6, 6.07) is 5.51. The van der Waals surface area contributed by atoms with Gasteiger partial charge in [0.15, 0.2) is 5.82 Å². The van der Waals surface area contributed by atoms with E-state index < -0.39 is 0 Å². The number of nitrogens with two attached hydrogens (primary N) is 1. The first kappa shape index (κ1) is 14.7. The molecule has 3 rings (SSSR count). The second kappa shape index (κ2) is 6.29. The fraction of sp³-hybridized carbons (Fsp3) is 0.438. The van der Waals surface area contributed by atoms with E-state index in [4.69, 9.17) is 28.9 Å². The van der Waals surface area contributed by atoms with Gasteiger partial charge in [-0.05, 0) is 25.0 Å². The highest BCUT2D eigenvalue weighted by Gasteiger charge is 2.23. The Morgan fingerprint density at radius 2 is 1.81 bits per heavy atom. The van der Waals surface area contributed by atoms with E-state index in [1.54, 1.807) is 6.07 Å². The minimum absolute atomic E-state index is 0.485.